The normalized spacial score (nSPS) is 12.1. The summed E-state index contributed by atoms with van der Waals surface area (Å²) in [5, 5.41) is 0. The smallest absolute Gasteiger partial charge is 0.313 e. The number of unbranched alkanes of at least 4 members (excludes halogenated alkanes) is 7. The van der Waals surface area contributed by atoms with Crippen LogP contribution in [0.4, 0.5) is 0 Å². The van der Waals surface area contributed by atoms with E-state index in [0.717, 1.165) is 12.8 Å². The van der Waals surface area contributed by atoms with Crippen molar-refractivity contribution in [3.8, 4) is 0 Å². The van der Waals surface area contributed by atoms with Crippen molar-refractivity contribution in [3.05, 3.63) is 12.8 Å². The fraction of sp³-hybridized carbons (Fsp3) is 0.800. The molecule has 0 N–H and O–H groups in total. The van der Waals surface area contributed by atoms with Crippen molar-refractivity contribution in [1.29, 1.82) is 0 Å². The highest BCUT2D eigenvalue weighted by atomic mass is 16.5. The lowest BCUT2D eigenvalue weighted by atomic mass is 10.0. The van der Waals surface area contributed by atoms with Crippen molar-refractivity contribution in [2.75, 3.05) is 0 Å². The van der Waals surface area contributed by atoms with Gasteiger partial charge < -0.3 is 4.74 Å². The molecule has 0 aromatic carbocycles. The Kier molecular flexibility index (Phi) is 11.1. The predicted molar refractivity (Wildman–Crippen MR) is 72.7 cm³/mol. The van der Waals surface area contributed by atoms with Gasteiger partial charge >= 0.3 is 5.97 Å². The Hall–Kier alpha value is -0.790. The second kappa shape index (κ2) is 11.7. The molecule has 0 aromatic heterocycles. The Balaban J connectivity index is 3.27. The zero-order valence-electron chi connectivity index (χ0n) is 11.5. The van der Waals surface area contributed by atoms with Crippen molar-refractivity contribution < 1.29 is 9.53 Å². The van der Waals surface area contributed by atoms with E-state index in [-0.39, 0.29) is 11.9 Å². The van der Waals surface area contributed by atoms with E-state index in [1.807, 2.05) is 6.92 Å². The fourth-order valence-electron chi connectivity index (χ4n) is 1.90. The maximum atomic E-state index is 11.3. The summed E-state index contributed by atoms with van der Waals surface area (Å²) in [5.41, 5.74) is 0. The van der Waals surface area contributed by atoms with Crippen LogP contribution in [0.25, 0.3) is 0 Å². The molecule has 0 aliphatic carbocycles. The summed E-state index contributed by atoms with van der Waals surface area (Å²) in [6.45, 7) is 7.55. The summed E-state index contributed by atoms with van der Waals surface area (Å²) in [7, 11) is 0. The molecule has 0 radical (unpaired) electrons. The van der Waals surface area contributed by atoms with Crippen LogP contribution in [0, 0.1) is 5.92 Å². The zero-order chi connectivity index (χ0) is 12.9. The fourth-order valence-corrected chi connectivity index (χ4v) is 1.90. The first-order valence-corrected chi connectivity index (χ1v) is 7.03. The molecule has 0 aliphatic heterocycles. The molecule has 2 heteroatoms. The summed E-state index contributed by atoms with van der Waals surface area (Å²) in [6.07, 6.45) is 12.6. The maximum Gasteiger partial charge on any atom is 0.313 e. The molecule has 0 saturated carbocycles. The Morgan fingerprint density at radius 2 is 1.65 bits per heavy atom. The maximum absolute atomic E-state index is 11.3. The summed E-state index contributed by atoms with van der Waals surface area (Å²) in [5.74, 6) is -0.143. The van der Waals surface area contributed by atoms with Crippen molar-refractivity contribution in [2.24, 2.45) is 5.92 Å². The van der Waals surface area contributed by atoms with Crippen LogP contribution in [0.3, 0.4) is 0 Å². The van der Waals surface area contributed by atoms with Crippen LogP contribution in [0.5, 0.6) is 0 Å². The zero-order valence-corrected chi connectivity index (χ0v) is 11.5. The van der Waals surface area contributed by atoms with E-state index in [4.69, 9.17) is 4.74 Å². The molecule has 0 amide bonds. The third-order valence-electron chi connectivity index (χ3n) is 3.09. The second-order valence-corrected chi connectivity index (χ2v) is 4.77. The third-order valence-corrected chi connectivity index (χ3v) is 3.09. The van der Waals surface area contributed by atoms with Gasteiger partial charge in [-0.25, -0.2) is 0 Å². The lowest BCUT2D eigenvalue weighted by molar-refractivity contribution is -0.142. The van der Waals surface area contributed by atoms with E-state index in [2.05, 4.69) is 13.5 Å². The molecule has 0 aliphatic rings. The predicted octanol–water partition coefficient (Wildman–Crippen LogP) is 4.84. The average molecular weight is 240 g/mol. The highest BCUT2D eigenvalue weighted by Gasteiger charge is 2.12. The second-order valence-electron chi connectivity index (χ2n) is 4.77. The lowest BCUT2D eigenvalue weighted by Crippen LogP contribution is -2.11. The van der Waals surface area contributed by atoms with Crippen molar-refractivity contribution >= 4 is 5.97 Å². The van der Waals surface area contributed by atoms with Gasteiger partial charge in [-0.1, -0.05) is 71.8 Å². The van der Waals surface area contributed by atoms with Crippen LogP contribution >= 0.6 is 0 Å². The number of esters is 1. The van der Waals surface area contributed by atoms with Crippen molar-refractivity contribution in [1.82, 2.24) is 0 Å². The first kappa shape index (κ1) is 16.2. The Morgan fingerprint density at radius 1 is 1.12 bits per heavy atom. The first-order chi connectivity index (χ1) is 8.22. The van der Waals surface area contributed by atoms with Gasteiger partial charge in [-0.05, 0) is 6.42 Å². The van der Waals surface area contributed by atoms with E-state index in [0.29, 0.717) is 0 Å². The van der Waals surface area contributed by atoms with E-state index >= 15 is 0 Å². The highest BCUT2D eigenvalue weighted by molar-refractivity contribution is 5.72. The molecule has 0 spiro atoms. The monoisotopic (exact) mass is 240 g/mol. The van der Waals surface area contributed by atoms with Gasteiger partial charge in [0.2, 0.25) is 0 Å². The molecule has 0 fully saturated rings. The summed E-state index contributed by atoms with van der Waals surface area (Å²) in [4.78, 5) is 11.3. The molecule has 0 heterocycles. The van der Waals surface area contributed by atoms with Gasteiger partial charge in [-0.15, -0.1) is 0 Å². The van der Waals surface area contributed by atoms with Gasteiger partial charge in [0, 0.05) is 0 Å². The standard InChI is InChI=1S/C15H28O2/c1-4-6-7-8-9-10-11-12-13-14(3)15(16)17-5-2/h5,14H,2,4,6-13H2,1,3H3. The Bertz CT molecular complexity index is 199. The Labute approximate surface area is 106 Å². The van der Waals surface area contributed by atoms with Gasteiger partial charge in [0.1, 0.15) is 0 Å². The summed E-state index contributed by atoms with van der Waals surface area (Å²) >= 11 is 0. The van der Waals surface area contributed by atoms with E-state index < -0.39 is 0 Å². The van der Waals surface area contributed by atoms with E-state index in [1.54, 1.807) is 0 Å². The minimum Gasteiger partial charge on any atom is -0.435 e. The molecule has 2 nitrogen and oxygen atoms in total. The lowest BCUT2D eigenvalue weighted by Gasteiger charge is -2.08. The summed E-state index contributed by atoms with van der Waals surface area (Å²) in [6, 6.07) is 0. The molecule has 1 atom stereocenters. The van der Waals surface area contributed by atoms with Crippen LogP contribution < -0.4 is 0 Å². The minimum atomic E-state index is -0.150. The molecule has 100 valence electrons. The largest absolute Gasteiger partial charge is 0.435 e. The van der Waals surface area contributed by atoms with Crippen molar-refractivity contribution in [3.63, 3.8) is 0 Å². The number of carbonyl (C=O) groups excluding carboxylic acids is 1. The van der Waals surface area contributed by atoms with Crippen LogP contribution in [-0.4, -0.2) is 5.97 Å². The molecule has 0 bridgehead atoms. The molecule has 17 heavy (non-hydrogen) atoms. The first-order valence-electron chi connectivity index (χ1n) is 7.03. The Morgan fingerprint density at radius 3 is 2.18 bits per heavy atom. The number of hydrogen-bond donors (Lipinski definition) is 0. The topological polar surface area (TPSA) is 26.3 Å². The average Bonchev–Trinajstić information content (AvgIpc) is 2.32. The quantitative estimate of drug-likeness (QED) is 0.293. The molecular weight excluding hydrogens is 212 g/mol. The number of rotatable bonds is 11. The van der Waals surface area contributed by atoms with E-state index in [9.17, 15) is 4.79 Å². The third kappa shape index (κ3) is 10.1. The molecule has 1 unspecified atom stereocenters. The highest BCUT2D eigenvalue weighted by Crippen LogP contribution is 2.14. The number of hydrogen-bond acceptors (Lipinski definition) is 2. The van der Waals surface area contributed by atoms with E-state index in [1.165, 1.54) is 51.2 Å². The van der Waals surface area contributed by atoms with Crippen molar-refractivity contribution in [2.45, 2.75) is 71.6 Å². The summed E-state index contributed by atoms with van der Waals surface area (Å²) < 4.78 is 4.75. The van der Waals surface area contributed by atoms with Gasteiger partial charge in [-0.2, -0.15) is 0 Å². The van der Waals surface area contributed by atoms with Gasteiger partial charge in [0.25, 0.3) is 0 Å². The number of carbonyl (C=O) groups is 1. The number of ether oxygens (including phenoxy) is 1. The van der Waals surface area contributed by atoms with Crippen LogP contribution in [0.15, 0.2) is 12.8 Å². The molecular formula is C15H28O2. The minimum absolute atomic E-state index is 0.00749. The van der Waals surface area contributed by atoms with Gasteiger partial charge in [0.05, 0.1) is 12.2 Å². The molecule has 0 aromatic rings. The SMILES string of the molecule is C=COC(=O)C(C)CCCCCCCCCC. The van der Waals surface area contributed by atoms with Crippen LogP contribution in [0.2, 0.25) is 0 Å². The van der Waals surface area contributed by atoms with Crippen LogP contribution in [0.1, 0.15) is 71.6 Å². The van der Waals surface area contributed by atoms with Gasteiger partial charge in [0.15, 0.2) is 0 Å². The van der Waals surface area contributed by atoms with Gasteiger partial charge in [-0.3, -0.25) is 4.79 Å². The van der Waals surface area contributed by atoms with Crippen LogP contribution in [-0.2, 0) is 9.53 Å². The molecule has 0 saturated heterocycles. The molecule has 0 rings (SSSR count).